The van der Waals surface area contributed by atoms with Crippen LogP contribution < -0.4 is 0 Å². The molecule has 2 unspecified atom stereocenters. The molecule has 1 aliphatic rings. The summed E-state index contributed by atoms with van der Waals surface area (Å²) in [5, 5.41) is 19.3. The summed E-state index contributed by atoms with van der Waals surface area (Å²) in [5.41, 5.74) is 0. The van der Waals surface area contributed by atoms with Crippen LogP contribution in [0.25, 0.3) is 0 Å². The number of ketones is 1. The molecule has 0 aliphatic carbocycles. The van der Waals surface area contributed by atoms with E-state index in [0.29, 0.717) is 0 Å². The molecule has 1 heterocycles. The maximum absolute atomic E-state index is 11.7. The van der Waals surface area contributed by atoms with E-state index in [9.17, 15) is 24.6 Å². The fraction of sp³-hybridized carbons (Fsp3) is 0.864. The van der Waals surface area contributed by atoms with Gasteiger partial charge in [0, 0.05) is 6.42 Å². The largest absolute Gasteiger partial charge is 0.463 e. The molecule has 168 valence electrons. The summed E-state index contributed by atoms with van der Waals surface area (Å²) >= 11 is 0. The van der Waals surface area contributed by atoms with Crippen LogP contribution in [0, 0.1) is 0 Å². The number of aliphatic hydroxyl groups excluding tert-OH is 2. The number of unbranched alkanes of at least 4 members (excludes halogenated alkanes) is 12. The van der Waals surface area contributed by atoms with Crippen molar-refractivity contribution >= 4 is 17.7 Å². The molecular formula is C22H38O7. The number of carbonyl (C=O) groups excluding carboxylic acids is 3. The third-order valence-electron chi connectivity index (χ3n) is 5.30. The van der Waals surface area contributed by atoms with Crippen LogP contribution in [-0.4, -0.2) is 52.9 Å². The molecule has 0 radical (unpaired) electrons. The van der Waals surface area contributed by atoms with E-state index in [1.165, 1.54) is 64.2 Å². The molecule has 3 atom stereocenters. The molecule has 0 spiro atoms. The fourth-order valence-corrected chi connectivity index (χ4v) is 3.44. The Bertz CT molecular complexity index is 492. The minimum absolute atomic E-state index is 0.260. The van der Waals surface area contributed by atoms with Crippen molar-refractivity contribution in [2.45, 2.75) is 115 Å². The van der Waals surface area contributed by atoms with Gasteiger partial charge in [-0.25, -0.2) is 4.79 Å². The van der Waals surface area contributed by atoms with Crippen LogP contribution in [-0.2, 0) is 23.9 Å². The standard InChI is InChI=1S/C22H38O7/c1-2-3-4-5-6-7-8-9-10-11-12-13-14-15-18(24)28-16-17(23)21-19(25)20(26)22(27)29-21/h17,19,21,23,25H,2-16H2,1H3/t17?,19?,21-/m1/s1. The van der Waals surface area contributed by atoms with E-state index in [-0.39, 0.29) is 6.42 Å². The summed E-state index contributed by atoms with van der Waals surface area (Å²) in [5.74, 6) is -2.72. The Labute approximate surface area is 174 Å². The molecule has 0 aromatic carbocycles. The van der Waals surface area contributed by atoms with Gasteiger partial charge >= 0.3 is 11.9 Å². The lowest BCUT2D eigenvalue weighted by atomic mass is 10.0. The monoisotopic (exact) mass is 414 g/mol. The number of hydrogen-bond donors (Lipinski definition) is 2. The SMILES string of the molecule is CCCCCCCCCCCCCCCC(=O)OCC(O)[C@H]1OC(=O)C(=O)C1O. The number of esters is 2. The number of Topliss-reactive ketones (excluding diaryl/α,β-unsaturated/α-hetero) is 1. The van der Waals surface area contributed by atoms with Gasteiger partial charge in [0.2, 0.25) is 0 Å². The maximum Gasteiger partial charge on any atom is 0.378 e. The van der Waals surface area contributed by atoms with Crippen LogP contribution in [0.4, 0.5) is 0 Å². The van der Waals surface area contributed by atoms with E-state index < -0.39 is 42.6 Å². The lowest BCUT2D eigenvalue weighted by Gasteiger charge is -2.18. The Morgan fingerprint density at radius 1 is 0.931 bits per heavy atom. The number of hydrogen-bond acceptors (Lipinski definition) is 7. The van der Waals surface area contributed by atoms with Crippen LogP contribution >= 0.6 is 0 Å². The minimum Gasteiger partial charge on any atom is -0.463 e. The van der Waals surface area contributed by atoms with E-state index >= 15 is 0 Å². The zero-order valence-electron chi connectivity index (χ0n) is 17.8. The van der Waals surface area contributed by atoms with E-state index in [4.69, 9.17) is 4.74 Å². The Morgan fingerprint density at radius 2 is 1.41 bits per heavy atom. The van der Waals surface area contributed by atoms with Crippen LogP contribution in [0.15, 0.2) is 0 Å². The lowest BCUT2D eigenvalue weighted by Crippen LogP contribution is -2.40. The first-order valence-electron chi connectivity index (χ1n) is 11.2. The first-order valence-corrected chi connectivity index (χ1v) is 11.2. The topological polar surface area (TPSA) is 110 Å². The van der Waals surface area contributed by atoms with Crippen molar-refractivity contribution in [3.8, 4) is 0 Å². The molecule has 0 saturated carbocycles. The first-order chi connectivity index (χ1) is 14.0. The quantitative estimate of drug-likeness (QED) is 0.214. The number of rotatable bonds is 17. The van der Waals surface area contributed by atoms with Crippen molar-refractivity contribution in [2.75, 3.05) is 6.61 Å². The number of aliphatic hydroxyl groups is 2. The lowest BCUT2D eigenvalue weighted by molar-refractivity contribution is -0.156. The molecule has 2 N–H and O–H groups in total. The maximum atomic E-state index is 11.7. The molecule has 0 aromatic rings. The van der Waals surface area contributed by atoms with Gasteiger partial charge in [0.1, 0.15) is 12.7 Å². The minimum atomic E-state index is -1.71. The highest BCUT2D eigenvalue weighted by atomic mass is 16.6. The van der Waals surface area contributed by atoms with E-state index in [0.717, 1.165) is 19.3 Å². The van der Waals surface area contributed by atoms with Gasteiger partial charge in [0.05, 0.1) is 0 Å². The van der Waals surface area contributed by atoms with E-state index in [2.05, 4.69) is 11.7 Å². The van der Waals surface area contributed by atoms with Crippen LogP contribution in [0.3, 0.4) is 0 Å². The van der Waals surface area contributed by atoms with Crippen molar-refractivity contribution in [1.82, 2.24) is 0 Å². The second kappa shape index (κ2) is 15.4. The van der Waals surface area contributed by atoms with Crippen LogP contribution in [0.2, 0.25) is 0 Å². The van der Waals surface area contributed by atoms with Crippen molar-refractivity contribution in [1.29, 1.82) is 0 Å². The van der Waals surface area contributed by atoms with E-state index in [1.807, 2.05) is 0 Å². The van der Waals surface area contributed by atoms with Crippen LogP contribution in [0.5, 0.6) is 0 Å². The third-order valence-corrected chi connectivity index (χ3v) is 5.30. The molecule has 1 fully saturated rings. The zero-order valence-corrected chi connectivity index (χ0v) is 17.8. The first kappa shape index (κ1) is 25.6. The second-order valence-electron chi connectivity index (χ2n) is 7.92. The summed E-state index contributed by atoms with van der Waals surface area (Å²) in [4.78, 5) is 33.9. The van der Waals surface area contributed by atoms with Gasteiger partial charge in [-0.3, -0.25) is 9.59 Å². The van der Waals surface area contributed by atoms with Crippen molar-refractivity contribution < 1.29 is 34.1 Å². The Kier molecular flexibility index (Phi) is 13.6. The third kappa shape index (κ3) is 10.8. The van der Waals surface area contributed by atoms with E-state index in [1.54, 1.807) is 0 Å². The van der Waals surface area contributed by atoms with Crippen molar-refractivity contribution in [3.63, 3.8) is 0 Å². The molecule has 0 aromatic heterocycles. The molecule has 1 rings (SSSR count). The van der Waals surface area contributed by atoms with Gasteiger partial charge in [0.15, 0.2) is 12.2 Å². The molecule has 1 saturated heterocycles. The predicted octanol–water partition coefficient (Wildman–Crippen LogP) is 3.23. The molecular weight excluding hydrogens is 376 g/mol. The smallest absolute Gasteiger partial charge is 0.378 e. The van der Waals surface area contributed by atoms with Crippen molar-refractivity contribution in [3.05, 3.63) is 0 Å². The van der Waals surface area contributed by atoms with Gasteiger partial charge in [0.25, 0.3) is 5.78 Å². The average Bonchev–Trinajstić information content (AvgIpc) is 2.97. The highest BCUT2D eigenvalue weighted by Gasteiger charge is 2.46. The number of cyclic esters (lactones) is 1. The predicted molar refractivity (Wildman–Crippen MR) is 108 cm³/mol. The van der Waals surface area contributed by atoms with Gasteiger partial charge < -0.3 is 19.7 Å². The Balaban J connectivity index is 1.92. The summed E-state index contributed by atoms with van der Waals surface area (Å²) in [6, 6.07) is 0. The van der Waals surface area contributed by atoms with Crippen molar-refractivity contribution in [2.24, 2.45) is 0 Å². The second-order valence-corrected chi connectivity index (χ2v) is 7.92. The number of carbonyl (C=O) groups is 3. The molecule has 0 bridgehead atoms. The summed E-state index contributed by atoms with van der Waals surface area (Å²) < 4.78 is 9.52. The molecule has 7 nitrogen and oxygen atoms in total. The van der Waals surface area contributed by atoms with Gasteiger partial charge in [-0.15, -0.1) is 0 Å². The highest BCUT2D eigenvalue weighted by molar-refractivity contribution is 6.37. The summed E-state index contributed by atoms with van der Waals surface area (Å²) in [6.07, 6.45) is 11.6. The molecule has 7 heteroatoms. The normalized spacial score (nSPS) is 20.0. The highest BCUT2D eigenvalue weighted by Crippen LogP contribution is 2.16. The zero-order chi connectivity index (χ0) is 21.5. The molecule has 29 heavy (non-hydrogen) atoms. The number of ether oxygens (including phenoxy) is 2. The molecule has 1 aliphatic heterocycles. The summed E-state index contributed by atoms with van der Waals surface area (Å²) in [6.45, 7) is 1.82. The van der Waals surface area contributed by atoms with Gasteiger partial charge in [-0.2, -0.15) is 0 Å². The average molecular weight is 415 g/mol. The van der Waals surface area contributed by atoms with Gasteiger partial charge in [-0.1, -0.05) is 84.0 Å². The van der Waals surface area contributed by atoms with Gasteiger partial charge in [-0.05, 0) is 6.42 Å². The Hall–Kier alpha value is -1.47. The summed E-state index contributed by atoms with van der Waals surface area (Å²) in [7, 11) is 0. The van der Waals surface area contributed by atoms with Crippen LogP contribution in [0.1, 0.15) is 96.8 Å². The Morgan fingerprint density at radius 3 is 1.86 bits per heavy atom. The fourth-order valence-electron chi connectivity index (χ4n) is 3.44. The molecule has 0 amide bonds.